The van der Waals surface area contributed by atoms with Crippen LogP contribution < -0.4 is 5.73 Å². The number of fused-ring (bicyclic) bond motifs is 1. The highest BCUT2D eigenvalue weighted by Gasteiger charge is 2.29. The number of rotatable bonds is 3. The summed E-state index contributed by atoms with van der Waals surface area (Å²) in [6, 6.07) is 0. The van der Waals surface area contributed by atoms with Crippen LogP contribution in [0.25, 0.3) is 11.2 Å². The third-order valence-corrected chi connectivity index (χ3v) is 5.73. The first kappa shape index (κ1) is 13.4. The molecule has 2 N–H and O–H groups in total. The van der Waals surface area contributed by atoms with Crippen molar-refractivity contribution in [2.45, 2.75) is 33.4 Å². The van der Waals surface area contributed by atoms with Crippen molar-refractivity contribution < 1.29 is 8.42 Å². The highest BCUT2D eigenvalue weighted by atomic mass is 32.2. The van der Waals surface area contributed by atoms with Gasteiger partial charge in [0.05, 0.1) is 17.2 Å². The topological polar surface area (TPSA) is 95.8 Å². The molecule has 7 nitrogen and oxygen atoms in total. The molecule has 1 aliphatic rings. The Hall–Kier alpha value is -1.57. The zero-order valence-corrected chi connectivity index (χ0v) is 12.5. The summed E-state index contributed by atoms with van der Waals surface area (Å²) in [5, 5.41) is 4.43. The molecule has 1 unspecified atom stereocenters. The third kappa shape index (κ3) is 2.07. The van der Waals surface area contributed by atoms with Crippen molar-refractivity contribution in [1.29, 1.82) is 0 Å². The maximum absolute atomic E-state index is 11.6. The number of aryl methyl sites for hydroxylation is 2. The molecule has 8 heteroatoms. The zero-order valence-electron chi connectivity index (χ0n) is 11.7. The molecule has 0 radical (unpaired) electrons. The number of imidazole rings is 1. The summed E-state index contributed by atoms with van der Waals surface area (Å²) in [6.45, 7) is 5.25. The predicted molar refractivity (Wildman–Crippen MR) is 77.1 cm³/mol. The fourth-order valence-electron chi connectivity index (χ4n) is 2.92. The van der Waals surface area contributed by atoms with Crippen LogP contribution in [0.2, 0.25) is 0 Å². The Bertz CT molecular complexity index is 758. The number of sulfone groups is 1. The van der Waals surface area contributed by atoms with Gasteiger partial charge in [-0.1, -0.05) is 0 Å². The van der Waals surface area contributed by atoms with Crippen LogP contribution in [0.4, 0.5) is 5.95 Å². The minimum atomic E-state index is -2.87. The molecule has 0 aromatic carbocycles. The quantitative estimate of drug-likeness (QED) is 0.894. The van der Waals surface area contributed by atoms with Gasteiger partial charge in [-0.3, -0.25) is 4.57 Å². The van der Waals surface area contributed by atoms with Crippen molar-refractivity contribution in [2.75, 3.05) is 17.2 Å². The van der Waals surface area contributed by atoms with E-state index in [1.165, 1.54) is 0 Å². The molecule has 0 bridgehead atoms. The lowest BCUT2D eigenvalue weighted by Gasteiger charge is -2.12. The van der Waals surface area contributed by atoms with E-state index in [-0.39, 0.29) is 17.4 Å². The SMILES string of the molecule is CCn1nc(C)c2nc(N)n(CC3CCS(=O)(=O)C3)c21. The van der Waals surface area contributed by atoms with E-state index in [2.05, 4.69) is 10.1 Å². The van der Waals surface area contributed by atoms with Crippen LogP contribution in [0.1, 0.15) is 19.0 Å². The molecule has 0 amide bonds. The standard InChI is InChI=1S/C12H19N5O2S/c1-3-17-11-10(8(2)15-17)14-12(13)16(11)6-9-4-5-20(18,19)7-9/h9H,3-7H2,1-2H3,(H2,13,14). The molecule has 2 aromatic rings. The number of anilines is 1. The average molecular weight is 297 g/mol. The summed E-state index contributed by atoms with van der Waals surface area (Å²) < 4.78 is 26.9. The molecular formula is C12H19N5O2S. The molecule has 110 valence electrons. The molecule has 1 atom stereocenters. The van der Waals surface area contributed by atoms with Crippen molar-refractivity contribution in [3.63, 3.8) is 0 Å². The summed E-state index contributed by atoms with van der Waals surface area (Å²) in [5.74, 6) is 1.07. The molecule has 1 aliphatic heterocycles. The van der Waals surface area contributed by atoms with Gasteiger partial charge in [-0.2, -0.15) is 5.10 Å². The predicted octanol–water partition coefficient (Wildman–Crippen LogP) is 0.578. The van der Waals surface area contributed by atoms with Crippen molar-refractivity contribution in [3.05, 3.63) is 5.69 Å². The molecular weight excluding hydrogens is 278 g/mol. The second-order valence-electron chi connectivity index (χ2n) is 5.42. The number of aromatic nitrogens is 4. The second-order valence-corrected chi connectivity index (χ2v) is 7.65. The lowest BCUT2D eigenvalue weighted by molar-refractivity contribution is 0.493. The van der Waals surface area contributed by atoms with Gasteiger partial charge >= 0.3 is 0 Å². The van der Waals surface area contributed by atoms with Gasteiger partial charge in [0, 0.05) is 13.1 Å². The highest BCUT2D eigenvalue weighted by molar-refractivity contribution is 7.91. The van der Waals surface area contributed by atoms with Crippen LogP contribution in [-0.4, -0.2) is 39.3 Å². The van der Waals surface area contributed by atoms with E-state index >= 15 is 0 Å². The van der Waals surface area contributed by atoms with E-state index in [1.54, 1.807) is 0 Å². The molecule has 1 saturated heterocycles. The fourth-order valence-corrected chi connectivity index (χ4v) is 4.77. The lowest BCUT2D eigenvalue weighted by atomic mass is 10.1. The van der Waals surface area contributed by atoms with Crippen LogP contribution >= 0.6 is 0 Å². The van der Waals surface area contributed by atoms with Crippen LogP contribution in [-0.2, 0) is 22.9 Å². The zero-order chi connectivity index (χ0) is 14.5. The molecule has 1 fully saturated rings. The maximum atomic E-state index is 11.6. The molecule has 20 heavy (non-hydrogen) atoms. The molecule has 0 saturated carbocycles. The van der Waals surface area contributed by atoms with Crippen molar-refractivity contribution in [2.24, 2.45) is 5.92 Å². The van der Waals surface area contributed by atoms with Crippen LogP contribution in [0.3, 0.4) is 0 Å². The number of nitrogens with zero attached hydrogens (tertiary/aromatic N) is 4. The average Bonchev–Trinajstić information content (AvgIpc) is 2.97. The van der Waals surface area contributed by atoms with Gasteiger partial charge in [0.2, 0.25) is 5.95 Å². The van der Waals surface area contributed by atoms with E-state index in [0.717, 1.165) is 23.4 Å². The number of hydrogen-bond donors (Lipinski definition) is 1. The summed E-state index contributed by atoms with van der Waals surface area (Å²) in [7, 11) is -2.87. The van der Waals surface area contributed by atoms with Gasteiger partial charge in [0.1, 0.15) is 5.52 Å². The van der Waals surface area contributed by atoms with Gasteiger partial charge < -0.3 is 5.73 Å². The Labute approximate surface area is 117 Å². The third-order valence-electron chi connectivity index (χ3n) is 3.90. The first-order chi connectivity index (χ1) is 9.41. The van der Waals surface area contributed by atoms with Crippen molar-refractivity contribution in [1.82, 2.24) is 19.3 Å². The monoisotopic (exact) mass is 297 g/mol. The van der Waals surface area contributed by atoms with E-state index < -0.39 is 9.84 Å². The highest BCUT2D eigenvalue weighted by Crippen LogP contribution is 2.26. The molecule has 2 aromatic heterocycles. The summed E-state index contributed by atoms with van der Waals surface area (Å²) in [5.41, 5.74) is 8.56. The largest absolute Gasteiger partial charge is 0.369 e. The van der Waals surface area contributed by atoms with Crippen LogP contribution in [0.15, 0.2) is 0 Å². The Balaban J connectivity index is 2.01. The van der Waals surface area contributed by atoms with Gasteiger partial charge in [-0.05, 0) is 26.2 Å². The Morgan fingerprint density at radius 2 is 2.20 bits per heavy atom. The number of nitrogens with two attached hydrogens (primary N) is 1. The van der Waals surface area contributed by atoms with E-state index in [1.807, 2.05) is 23.1 Å². The van der Waals surface area contributed by atoms with Crippen molar-refractivity contribution >= 4 is 26.9 Å². The number of hydrogen-bond acceptors (Lipinski definition) is 5. The van der Waals surface area contributed by atoms with Crippen LogP contribution in [0.5, 0.6) is 0 Å². The normalized spacial score (nSPS) is 21.8. The van der Waals surface area contributed by atoms with E-state index in [9.17, 15) is 8.42 Å². The lowest BCUT2D eigenvalue weighted by Crippen LogP contribution is -2.16. The molecule has 3 heterocycles. The van der Waals surface area contributed by atoms with E-state index in [0.29, 0.717) is 18.9 Å². The molecule has 3 rings (SSSR count). The van der Waals surface area contributed by atoms with Gasteiger partial charge in [0.15, 0.2) is 15.5 Å². The summed E-state index contributed by atoms with van der Waals surface area (Å²) in [6.07, 6.45) is 0.695. The fraction of sp³-hybridized carbons (Fsp3) is 0.667. The second kappa shape index (κ2) is 4.47. The van der Waals surface area contributed by atoms with Crippen molar-refractivity contribution in [3.8, 4) is 0 Å². The molecule has 0 aliphatic carbocycles. The first-order valence-corrected chi connectivity index (χ1v) is 8.63. The Morgan fingerprint density at radius 1 is 1.45 bits per heavy atom. The first-order valence-electron chi connectivity index (χ1n) is 6.81. The van der Waals surface area contributed by atoms with Crippen LogP contribution in [0, 0.1) is 12.8 Å². The van der Waals surface area contributed by atoms with E-state index in [4.69, 9.17) is 5.73 Å². The molecule has 0 spiro atoms. The number of nitrogen functional groups attached to an aromatic ring is 1. The minimum Gasteiger partial charge on any atom is -0.369 e. The summed E-state index contributed by atoms with van der Waals surface area (Å²) >= 11 is 0. The van der Waals surface area contributed by atoms with Gasteiger partial charge in [0.25, 0.3) is 0 Å². The van der Waals surface area contributed by atoms with Gasteiger partial charge in [-0.25, -0.2) is 18.1 Å². The Morgan fingerprint density at radius 3 is 2.80 bits per heavy atom. The van der Waals surface area contributed by atoms with Gasteiger partial charge in [-0.15, -0.1) is 0 Å². The summed E-state index contributed by atoms with van der Waals surface area (Å²) in [4.78, 5) is 4.37. The minimum absolute atomic E-state index is 0.111. The smallest absolute Gasteiger partial charge is 0.202 e. The Kier molecular flexibility index (Phi) is 3.00. The maximum Gasteiger partial charge on any atom is 0.202 e.